The maximum atomic E-state index is 4.73. The number of imidazole rings is 1. The molecule has 5 heteroatoms. The molecule has 0 radical (unpaired) electrons. The van der Waals surface area contributed by atoms with Gasteiger partial charge in [-0.05, 0) is 32.6 Å². The Morgan fingerprint density at radius 2 is 2.06 bits per heavy atom. The topological polar surface area (TPSA) is 30.2 Å². The van der Waals surface area contributed by atoms with Crippen LogP contribution in [0.4, 0.5) is 0 Å². The molecular formula is C13H13N3S2. The molecule has 18 heavy (non-hydrogen) atoms. The van der Waals surface area contributed by atoms with Gasteiger partial charge in [-0.15, -0.1) is 22.7 Å². The second-order valence-corrected chi connectivity index (χ2v) is 6.83. The summed E-state index contributed by atoms with van der Waals surface area (Å²) in [5, 5.41) is 3.19. The van der Waals surface area contributed by atoms with E-state index in [9.17, 15) is 0 Å². The summed E-state index contributed by atoms with van der Waals surface area (Å²) in [6.45, 7) is 2.04. The minimum Gasteiger partial charge on any atom is -0.294 e. The molecule has 0 amide bonds. The molecule has 3 heterocycles. The van der Waals surface area contributed by atoms with Crippen molar-refractivity contribution in [3.8, 4) is 11.4 Å². The van der Waals surface area contributed by atoms with E-state index in [-0.39, 0.29) is 0 Å². The van der Waals surface area contributed by atoms with Gasteiger partial charge in [0.1, 0.15) is 11.4 Å². The highest BCUT2D eigenvalue weighted by Gasteiger charge is 2.18. The first kappa shape index (κ1) is 10.7. The van der Waals surface area contributed by atoms with E-state index in [1.54, 1.807) is 11.3 Å². The average molecular weight is 275 g/mol. The van der Waals surface area contributed by atoms with Crippen LogP contribution in [0, 0.1) is 6.92 Å². The van der Waals surface area contributed by atoms with Crippen molar-refractivity contribution >= 4 is 27.6 Å². The van der Waals surface area contributed by atoms with Gasteiger partial charge >= 0.3 is 0 Å². The van der Waals surface area contributed by atoms with Crippen molar-refractivity contribution in [3.05, 3.63) is 27.2 Å². The summed E-state index contributed by atoms with van der Waals surface area (Å²) in [6, 6.07) is 0. The van der Waals surface area contributed by atoms with Gasteiger partial charge in [0.05, 0.1) is 5.01 Å². The van der Waals surface area contributed by atoms with E-state index >= 15 is 0 Å². The van der Waals surface area contributed by atoms with Crippen molar-refractivity contribution in [2.24, 2.45) is 0 Å². The second kappa shape index (κ2) is 3.90. The molecule has 0 saturated heterocycles. The maximum Gasteiger partial charge on any atom is 0.194 e. The van der Waals surface area contributed by atoms with E-state index in [2.05, 4.69) is 21.0 Å². The third-order valence-corrected chi connectivity index (χ3v) is 5.38. The molecule has 3 nitrogen and oxygen atoms in total. The zero-order chi connectivity index (χ0) is 12.1. The van der Waals surface area contributed by atoms with Crippen molar-refractivity contribution in [3.63, 3.8) is 0 Å². The maximum absolute atomic E-state index is 4.73. The number of fused-ring (bicyclic) bond motifs is 3. The van der Waals surface area contributed by atoms with Crippen molar-refractivity contribution in [2.75, 3.05) is 0 Å². The van der Waals surface area contributed by atoms with Gasteiger partial charge in [0.25, 0.3) is 0 Å². The average Bonchev–Trinajstić information content (AvgIpc) is 3.01. The van der Waals surface area contributed by atoms with Crippen molar-refractivity contribution in [1.29, 1.82) is 0 Å². The highest BCUT2D eigenvalue weighted by molar-refractivity contribution is 7.17. The quantitative estimate of drug-likeness (QED) is 0.677. The molecule has 0 saturated carbocycles. The number of nitrogens with zero attached hydrogens (tertiary/aromatic N) is 3. The Bertz CT molecular complexity index is 720. The van der Waals surface area contributed by atoms with Gasteiger partial charge < -0.3 is 0 Å². The Hall–Kier alpha value is -1.20. The van der Waals surface area contributed by atoms with Crippen LogP contribution in [-0.4, -0.2) is 14.4 Å². The molecule has 0 aliphatic heterocycles. The number of thiazole rings is 2. The van der Waals surface area contributed by atoms with E-state index in [0.29, 0.717) is 0 Å². The molecule has 1 aliphatic carbocycles. The van der Waals surface area contributed by atoms with E-state index in [4.69, 9.17) is 4.98 Å². The highest BCUT2D eigenvalue weighted by atomic mass is 32.1. The first-order valence-electron chi connectivity index (χ1n) is 6.23. The van der Waals surface area contributed by atoms with Crippen LogP contribution in [0.5, 0.6) is 0 Å². The Morgan fingerprint density at radius 3 is 2.89 bits per heavy atom. The van der Waals surface area contributed by atoms with Crippen LogP contribution in [0.25, 0.3) is 16.3 Å². The van der Waals surface area contributed by atoms with Crippen LogP contribution in [0.2, 0.25) is 0 Å². The predicted molar refractivity (Wildman–Crippen MR) is 75.6 cm³/mol. The molecule has 0 N–H and O–H groups in total. The Balaban J connectivity index is 1.87. The van der Waals surface area contributed by atoms with Gasteiger partial charge in [-0.25, -0.2) is 9.97 Å². The lowest BCUT2D eigenvalue weighted by molar-refractivity contribution is 0.674. The fraction of sp³-hybridized carbons (Fsp3) is 0.385. The molecule has 92 valence electrons. The molecule has 3 aromatic heterocycles. The van der Waals surface area contributed by atoms with Gasteiger partial charge in [0.15, 0.2) is 4.96 Å². The Morgan fingerprint density at radius 1 is 1.17 bits per heavy atom. The lowest BCUT2D eigenvalue weighted by atomic mass is 10.0. The summed E-state index contributed by atoms with van der Waals surface area (Å²) in [5.41, 5.74) is 3.50. The third-order valence-electron chi connectivity index (χ3n) is 3.45. The minimum absolute atomic E-state index is 1.01. The van der Waals surface area contributed by atoms with Gasteiger partial charge in [0, 0.05) is 22.1 Å². The fourth-order valence-corrected chi connectivity index (χ4v) is 4.37. The lowest BCUT2D eigenvalue weighted by Gasteiger charge is -2.09. The van der Waals surface area contributed by atoms with Gasteiger partial charge in [0.2, 0.25) is 0 Å². The van der Waals surface area contributed by atoms with E-state index in [0.717, 1.165) is 21.4 Å². The van der Waals surface area contributed by atoms with Crippen LogP contribution in [0.1, 0.15) is 28.4 Å². The Kier molecular flexibility index (Phi) is 2.32. The van der Waals surface area contributed by atoms with E-state index in [1.807, 2.05) is 18.3 Å². The number of hydrogen-bond donors (Lipinski definition) is 0. The monoisotopic (exact) mass is 275 g/mol. The van der Waals surface area contributed by atoms with Crippen LogP contribution >= 0.6 is 22.7 Å². The van der Waals surface area contributed by atoms with Crippen LogP contribution in [0.3, 0.4) is 0 Å². The minimum atomic E-state index is 1.01. The first-order chi connectivity index (χ1) is 8.81. The predicted octanol–water partition coefficient (Wildman–Crippen LogP) is 3.71. The molecule has 0 unspecified atom stereocenters. The van der Waals surface area contributed by atoms with E-state index in [1.165, 1.54) is 36.3 Å². The van der Waals surface area contributed by atoms with Crippen molar-refractivity contribution < 1.29 is 0 Å². The molecule has 0 fully saturated rings. The Labute approximate surface area is 113 Å². The SMILES string of the molecule is Cc1nc(-c2cn3c4c(sc3n2)CCCC4)cs1. The molecule has 3 aromatic rings. The van der Waals surface area contributed by atoms with Gasteiger partial charge in [-0.2, -0.15) is 0 Å². The molecule has 0 spiro atoms. The summed E-state index contributed by atoms with van der Waals surface area (Å²) in [4.78, 5) is 11.9. The summed E-state index contributed by atoms with van der Waals surface area (Å²) in [7, 11) is 0. The molecule has 0 atom stereocenters. The van der Waals surface area contributed by atoms with Crippen molar-refractivity contribution in [2.45, 2.75) is 32.6 Å². The van der Waals surface area contributed by atoms with Crippen LogP contribution in [0.15, 0.2) is 11.6 Å². The smallest absolute Gasteiger partial charge is 0.194 e. The van der Waals surface area contributed by atoms with Crippen LogP contribution in [-0.2, 0) is 12.8 Å². The first-order valence-corrected chi connectivity index (χ1v) is 7.93. The molecule has 0 bridgehead atoms. The van der Waals surface area contributed by atoms with Crippen LogP contribution < -0.4 is 0 Å². The zero-order valence-electron chi connectivity index (χ0n) is 10.1. The third kappa shape index (κ3) is 1.54. The molecule has 4 rings (SSSR count). The normalized spacial score (nSPS) is 15.2. The number of rotatable bonds is 1. The molecular weight excluding hydrogens is 262 g/mol. The lowest BCUT2D eigenvalue weighted by Crippen LogP contribution is -2.01. The summed E-state index contributed by atoms with van der Waals surface area (Å²) < 4.78 is 2.28. The summed E-state index contributed by atoms with van der Waals surface area (Å²) >= 11 is 3.53. The van der Waals surface area contributed by atoms with Crippen molar-refractivity contribution in [1.82, 2.24) is 14.4 Å². The number of aryl methyl sites for hydroxylation is 3. The molecule has 0 aromatic carbocycles. The standard InChI is InChI=1S/C13H13N3S2/c1-8-14-10(7-17-8)9-6-16-11-4-2-3-5-12(11)18-13(16)15-9/h6-7H,2-5H2,1H3. The largest absolute Gasteiger partial charge is 0.294 e. The summed E-state index contributed by atoms with van der Waals surface area (Å²) in [5.74, 6) is 0. The number of aromatic nitrogens is 3. The highest BCUT2D eigenvalue weighted by Crippen LogP contribution is 2.32. The van der Waals surface area contributed by atoms with E-state index < -0.39 is 0 Å². The fourth-order valence-electron chi connectivity index (χ4n) is 2.57. The van der Waals surface area contributed by atoms with Gasteiger partial charge in [-0.1, -0.05) is 0 Å². The van der Waals surface area contributed by atoms with Gasteiger partial charge in [-0.3, -0.25) is 4.40 Å². The summed E-state index contributed by atoms with van der Waals surface area (Å²) in [6.07, 6.45) is 7.22. The zero-order valence-corrected chi connectivity index (χ0v) is 11.8. The second-order valence-electron chi connectivity index (χ2n) is 4.71. The number of hydrogen-bond acceptors (Lipinski definition) is 4. The molecule has 1 aliphatic rings.